The summed E-state index contributed by atoms with van der Waals surface area (Å²) in [6, 6.07) is 15.2. The van der Waals surface area contributed by atoms with Crippen LogP contribution in [0.2, 0.25) is 0 Å². The fourth-order valence-corrected chi connectivity index (χ4v) is 6.90. The predicted octanol–water partition coefficient (Wildman–Crippen LogP) is 5.67. The number of hydrogen-bond donors (Lipinski definition) is 1. The fourth-order valence-electron chi connectivity index (χ4n) is 6.90. The van der Waals surface area contributed by atoms with Gasteiger partial charge >= 0.3 is 0 Å². The monoisotopic (exact) mass is 420 g/mol. The molecule has 0 amide bonds. The first kappa shape index (κ1) is 21.0. The number of benzene rings is 2. The molecule has 0 bridgehead atoms. The third-order valence-electron chi connectivity index (χ3n) is 8.67. The van der Waals surface area contributed by atoms with E-state index in [0.29, 0.717) is 25.0 Å². The Morgan fingerprint density at radius 2 is 1.90 bits per heavy atom. The lowest BCUT2D eigenvalue weighted by Gasteiger charge is -2.50. The minimum absolute atomic E-state index is 0.106. The Hall–Kier alpha value is -1.84. The minimum atomic E-state index is -0.106. The van der Waals surface area contributed by atoms with Crippen molar-refractivity contribution in [2.24, 2.45) is 17.3 Å². The summed E-state index contributed by atoms with van der Waals surface area (Å²) in [5.41, 5.74) is 5.64. The molecule has 3 nitrogen and oxygen atoms in total. The lowest BCUT2D eigenvalue weighted by atomic mass is 9.55. The molecular weight excluding hydrogens is 384 g/mol. The van der Waals surface area contributed by atoms with E-state index in [9.17, 15) is 5.11 Å². The van der Waals surface area contributed by atoms with Crippen molar-refractivity contribution in [3.05, 3.63) is 64.7 Å². The summed E-state index contributed by atoms with van der Waals surface area (Å²) in [6.07, 6.45) is 7.70. The van der Waals surface area contributed by atoms with E-state index in [2.05, 4.69) is 43.3 Å². The quantitative estimate of drug-likeness (QED) is 0.654. The molecular formula is C28H36O3. The molecule has 0 aromatic heterocycles. The molecule has 0 spiro atoms. The Balaban J connectivity index is 1.43. The van der Waals surface area contributed by atoms with Gasteiger partial charge in [0.05, 0.1) is 12.7 Å². The zero-order chi connectivity index (χ0) is 21.4. The number of methoxy groups -OCH3 is 1. The molecule has 31 heavy (non-hydrogen) atoms. The second kappa shape index (κ2) is 8.60. The van der Waals surface area contributed by atoms with Gasteiger partial charge in [0, 0.05) is 7.11 Å². The Labute approximate surface area is 186 Å². The second-order valence-corrected chi connectivity index (χ2v) is 10.2. The van der Waals surface area contributed by atoms with Crippen LogP contribution < -0.4 is 4.74 Å². The Bertz CT molecular complexity index is 908. The average molecular weight is 421 g/mol. The van der Waals surface area contributed by atoms with Gasteiger partial charge in [-0.15, -0.1) is 0 Å². The molecule has 3 aliphatic rings. The van der Waals surface area contributed by atoms with Gasteiger partial charge in [0.25, 0.3) is 0 Å². The molecule has 3 heteroatoms. The smallest absolute Gasteiger partial charge is 0.123 e. The number of rotatable bonds is 6. The van der Waals surface area contributed by atoms with E-state index in [1.54, 1.807) is 12.7 Å². The van der Waals surface area contributed by atoms with Gasteiger partial charge in [0.1, 0.15) is 12.4 Å². The normalized spacial score (nSPS) is 31.6. The van der Waals surface area contributed by atoms with E-state index in [1.807, 2.05) is 6.07 Å². The van der Waals surface area contributed by atoms with Gasteiger partial charge in [-0.2, -0.15) is 0 Å². The zero-order valence-electron chi connectivity index (χ0n) is 19.0. The summed E-state index contributed by atoms with van der Waals surface area (Å²) in [5.74, 6) is 3.05. The molecule has 0 saturated heterocycles. The van der Waals surface area contributed by atoms with Crippen LogP contribution in [0.3, 0.4) is 0 Å². The molecule has 166 valence electrons. The molecule has 2 aromatic carbocycles. The van der Waals surface area contributed by atoms with Gasteiger partial charge in [-0.05, 0) is 96.4 Å². The molecule has 5 atom stereocenters. The summed E-state index contributed by atoms with van der Waals surface area (Å²) in [5, 5.41) is 10.7. The van der Waals surface area contributed by atoms with Crippen LogP contribution in [0.25, 0.3) is 0 Å². The van der Waals surface area contributed by atoms with Crippen molar-refractivity contribution < 1.29 is 14.6 Å². The highest BCUT2D eigenvalue weighted by Gasteiger charge is 2.54. The predicted molar refractivity (Wildman–Crippen MR) is 123 cm³/mol. The van der Waals surface area contributed by atoms with Gasteiger partial charge in [-0.3, -0.25) is 0 Å². The molecule has 0 radical (unpaired) electrons. The van der Waals surface area contributed by atoms with Crippen LogP contribution in [-0.4, -0.2) is 24.9 Å². The summed E-state index contributed by atoms with van der Waals surface area (Å²) >= 11 is 0. The molecule has 2 saturated carbocycles. The zero-order valence-corrected chi connectivity index (χ0v) is 19.0. The topological polar surface area (TPSA) is 38.7 Å². The van der Waals surface area contributed by atoms with Crippen LogP contribution in [0.15, 0.2) is 42.5 Å². The van der Waals surface area contributed by atoms with E-state index in [4.69, 9.17) is 9.47 Å². The molecule has 2 aromatic rings. The van der Waals surface area contributed by atoms with Crippen LogP contribution in [0.1, 0.15) is 67.2 Å². The molecule has 2 fully saturated rings. The Kier molecular flexibility index (Phi) is 5.83. The summed E-state index contributed by atoms with van der Waals surface area (Å²) < 4.78 is 11.7. The molecule has 0 aliphatic heterocycles. The number of aliphatic hydroxyl groups is 1. The average Bonchev–Trinajstić information content (AvgIpc) is 3.11. The van der Waals surface area contributed by atoms with Crippen LogP contribution in [-0.2, 0) is 24.2 Å². The van der Waals surface area contributed by atoms with E-state index in [1.165, 1.54) is 36.0 Å². The van der Waals surface area contributed by atoms with Gasteiger partial charge in [-0.25, -0.2) is 0 Å². The van der Waals surface area contributed by atoms with Crippen molar-refractivity contribution in [3.8, 4) is 5.75 Å². The maximum absolute atomic E-state index is 10.7. The second-order valence-electron chi connectivity index (χ2n) is 10.2. The highest BCUT2D eigenvalue weighted by atomic mass is 16.5. The van der Waals surface area contributed by atoms with Crippen LogP contribution >= 0.6 is 0 Å². The standard InChI is InChI=1S/C28H36O3/c1-28-14-12-22-23(25(28)10-11-27(28)29)9-8-20-17-26(21(13-15-30-2)16-24(20)22)31-18-19-6-4-3-5-7-19/h3-7,16-17,22-23,25,27,29H,8-15,18H2,1-2H3/t22-,23+,25-,27-,28-/m0/s1. The molecule has 5 rings (SSSR count). The maximum Gasteiger partial charge on any atom is 0.123 e. The summed E-state index contributed by atoms with van der Waals surface area (Å²) in [6.45, 7) is 3.66. The van der Waals surface area contributed by atoms with Gasteiger partial charge < -0.3 is 14.6 Å². The Morgan fingerprint density at radius 1 is 1.06 bits per heavy atom. The maximum atomic E-state index is 10.7. The van der Waals surface area contributed by atoms with Crippen molar-refractivity contribution in [2.45, 2.75) is 70.5 Å². The van der Waals surface area contributed by atoms with Crippen LogP contribution in [0.4, 0.5) is 0 Å². The molecule has 0 heterocycles. The first-order chi connectivity index (χ1) is 15.1. The number of fused-ring (bicyclic) bond motifs is 5. The molecule has 3 aliphatic carbocycles. The van der Waals surface area contributed by atoms with Crippen molar-refractivity contribution in [1.29, 1.82) is 0 Å². The van der Waals surface area contributed by atoms with E-state index >= 15 is 0 Å². The number of hydrogen-bond acceptors (Lipinski definition) is 3. The highest BCUT2D eigenvalue weighted by Crippen LogP contribution is 2.61. The number of aliphatic hydroxyl groups excluding tert-OH is 1. The first-order valence-electron chi connectivity index (χ1n) is 12.1. The number of ether oxygens (including phenoxy) is 2. The van der Waals surface area contributed by atoms with Crippen LogP contribution in [0.5, 0.6) is 5.75 Å². The van der Waals surface area contributed by atoms with E-state index < -0.39 is 0 Å². The lowest BCUT2D eigenvalue weighted by Crippen LogP contribution is -2.43. The number of aryl methyl sites for hydroxylation is 1. The molecule has 0 unspecified atom stereocenters. The highest BCUT2D eigenvalue weighted by molar-refractivity contribution is 5.46. The van der Waals surface area contributed by atoms with Crippen molar-refractivity contribution in [2.75, 3.05) is 13.7 Å². The van der Waals surface area contributed by atoms with Gasteiger partial charge in [0.15, 0.2) is 0 Å². The van der Waals surface area contributed by atoms with Crippen LogP contribution in [0, 0.1) is 17.3 Å². The van der Waals surface area contributed by atoms with Crippen molar-refractivity contribution in [3.63, 3.8) is 0 Å². The SMILES string of the molecule is COCCc1cc2c(cc1OCc1ccccc1)CC[C@@H]1[C@@H]2CC[C@]2(C)[C@@H](O)CC[C@@H]12. The van der Waals surface area contributed by atoms with E-state index in [0.717, 1.165) is 37.4 Å². The Morgan fingerprint density at radius 3 is 2.71 bits per heavy atom. The first-order valence-corrected chi connectivity index (χ1v) is 12.1. The largest absolute Gasteiger partial charge is 0.489 e. The third-order valence-corrected chi connectivity index (χ3v) is 8.67. The van der Waals surface area contributed by atoms with Crippen molar-refractivity contribution >= 4 is 0 Å². The van der Waals surface area contributed by atoms with Gasteiger partial charge in [-0.1, -0.05) is 43.3 Å². The lowest BCUT2D eigenvalue weighted by molar-refractivity contribution is -0.0226. The van der Waals surface area contributed by atoms with Crippen molar-refractivity contribution in [1.82, 2.24) is 0 Å². The summed E-state index contributed by atoms with van der Waals surface area (Å²) in [7, 11) is 1.77. The molecule has 1 N–H and O–H groups in total. The fraction of sp³-hybridized carbons (Fsp3) is 0.571. The third kappa shape index (κ3) is 3.81. The van der Waals surface area contributed by atoms with Gasteiger partial charge in [0.2, 0.25) is 0 Å². The summed E-state index contributed by atoms with van der Waals surface area (Å²) in [4.78, 5) is 0. The minimum Gasteiger partial charge on any atom is -0.489 e. The van der Waals surface area contributed by atoms with E-state index in [-0.39, 0.29) is 11.5 Å².